The van der Waals surface area contributed by atoms with Gasteiger partial charge in [0.1, 0.15) is 5.69 Å². The minimum Gasteiger partial charge on any atom is -0.357 e. The maximum atomic E-state index is 11.1. The summed E-state index contributed by atoms with van der Waals surface area (Å²) in [5.41, 5.74) is 0.700. The van der Waals surface area contributed by atoms with E-state index in [9.17, 15) is 10.1 Å². The van der Waals surface area contributed by atoms with Crippen LogP contribution in [-0.4, -0.2) is 21.9 Å². The van der Waals surface area contributed by atoms with Gasteiger partial charge >= 0.3 is 5.69 Å². The predicted octanol–water partition coefficient (Wildman–Crippen LogP) is 2.77. The highest BCUT2D eigenvalue weighted by molar-refractivity contribution is 7.15. The van der Waals surface area contributed by atoms with Gasteiger partial charge in [-0.25, -0.2) is 9.97 Å². The monoisotopic (exact) mass is 264 g/mol. The average molecular weight is 264 g/mol. The summed E-state index contributed by atoms with van der Waals surface area (Å²) in [7, 11) is 1.68. The van der Waals surface area contributed by atoms with Gasteiger partial charge in [-0.15, -0.1) is 11.3 Å². The maximum Gasteiger partial charge on any atom is 0.317 e. The van der Waals surface area contributed by atoms with E-state index in [1.807, 2.05) is 19.1 Å². The summed E-state index contributed by atoms with van der Waals surface area (Å²) in [5, 5.41) is 13.9. The van der Waals surface area contributed by atoms with Gasteiger partial charge in [-0.2, -0.15) is 0 Å². The summed E-state index contributed by atoms with van der Waals surface area (Å²) in [4.78, 5) is 20.8. The van der Waals surface area contributed by atoms with Crippen molar-refractivity contribution in [3.63, 3.8) is 0 Å². The lowest BCUT2D eigenvalue weighted by Crippen LogP contribution is -2.04. The molecule has 0 fully saturated rings. The van der Waals surface area contributed by atoms with Gasteiger partial charge in [0.2, 0.25) is 5.95 Å². The molecular weight excluding hydrogens is 252 g/mol. The molecule has 2 rings (SSSR count). The number of thiophene rings is 1. The van der Waals surface area contributed by atoms with Crippen LogP contribution in [0.5, 0.6) is 0 Å². The SMILES string of the molecule is CNc1nc(C)c([N+](=O)[O-])c(-c2ccc(C)s2)n1. The highest BCUT2D eigenvalue weighted by Gasteiger charge is 2.23. The number of nitro groups is 1. The fourth-order valence-corrected chi connectivity index (χ4v) is 2.49. The third kappa shape index (κ3) is 2.17. The number of hydrogen-bond acceptors (Lipinski definition) is 6. The second kappa shape index (κ2) is 4.69. The molecule has 0 bridgehead atoms. The van der Waals surface area contributed by atoms with Crippen molar-refractivity contribution < 1.29 is 4.92 Å². The van der Waals surface area contributed by atoms with Crippen molar-refractivity contribution in [1.82, 2.24) is 9.97 Å². The summed E-state index contributed by atoms with van der Waals surface area (Å²) in [6.45, 7) is 3.57. The first-order valence-electron chi connectivity index (χ1n) is 5.30. The van der Waals surface area contributed by atoms with Crippen molar-refractivity contribution in [3.05, 3.63) is 32.8 Å². The normalized spacial score (nSPS) is 10.4. The van der Waals surface area contributed by atoms with Crippen molar-refractivity contribution in [2.24, 2.45) is 0 Å². The van der Waals surface area contributed by atoms with E-state index in [1.54, 1.807) is 14.0 Å². The van der Waals surface area contributed by atoms with Gasteiger partial charge in [0.15, 0.2) is 5.69 Å². The Kier molecular flexibility index (Phi) is 3.24. The number of hydrogen-bond donors (Lipinski definition) is 1. The van der Waals surface area contributed by atoms with E-state index < -0.39 is 4.92 Å². The average Bonchev–Trinajstić information content (AvgIpc) is 2.74. The molecule has 0 aliphatic carbocycles. The molecule has 0 saturated heterocycles. The lowest BCUT2D eigenvalue weighted by molar-refractivity contribution is -0.385. The first-order valence-corrected chi connectivity index (χ1v) is 6.12. The number of aromatic nitrogens is 2. The minimum absolute atomic E-state index is 0.0316. The lowest BCUT2D eigenvalue weighted by atomic mass is 10.2. The molecule has 0 aromatic carbocycles. The molecule has 0 amide bonds. The summed E-state index contributed by atoms with van der Waals surface area (Å²) in [6.07, 6.45) is 0. The van der Waals surface area contributed by atoms with Crippen LogP contribution in [-0.2, 0) is 0 Å². The van der Waals surface area contributed by atoms with E-state index in [1.165, 1.54) is 11.3 Å². The molecule has 0 aliphatic heterocycles. The van der Waals surface area contributed by atoms with Gasteiger partial charge in [0.05, 0.1) is 9.80 Å². The zero-order valence-electron chi connectivity index (χ0n) is 10.2. The van der Waals surface area contributed by atoms with Gasteiger partial charge in [-0.05, 0) is 26.0 Å². The summed E-state index contributed by atoms with van der Waals surface area (Å²) < 4.78 is 0. The van der Waals surface area contributed by atoms with Gasteiger partial charge < -0.3 is 5.32 Å². The van der Waals surface area contributed by atoms with Crippen molar-refractivity contribution in [2.45, 2.75) is 13.8 Å². The second-order valence-corrected chi connectivity index (χ2v) is 5.04. The molecule has 18 heavy (non-hydrogen) atoms. The van der Waals surface area contributed by atoms with Crippen LogP contribution in [0.4, 0.5) is 11.6 Å². The largest absolute Gasteiger partial charge is 0.357 e. The van der Waals surface area contributed by atoms with E-state index in [0.29, 0.717) is 17.3 Å². The molecule has 94 valence electrons. The molecule has 0 saturated carbocycles. The Morgan fingerprint density at radius 3 is 2.56 bits per heavy atom. The maximum absolute atomic E-state index is 11.1. The highest BCUT2D eigenvalue weighted by Crippen LogP contribution is 2.35. The van der Waals surface area contributed by atoms with Gasteiger partial charge in [0.25, 0.3) is 0 Å². The molecule has 0 spiro atoms. The standard InChI is InChI=1S/C11H12N4O2S/c1-6-4-5-8(18-6)9-10(15(16)17)7(2)13-11(12-3)14-9/h4-5H,1-3H3,(H,12,13,14). The summed E-state index contributed by atoms with van der Waals surface area (Å²) in [5.74, 6) is 0.388. The molecule has 0 radical (unpaired) electrons. The quantitative estimate of drug-likeness (QED) is 0.681. The number of nitrogens with one attached hydrogen (secondary N) is 1. The van der Waals surface area contributed by atoms with Crippen LogP contribution in [0.2, 0.25) is 0 Å². The Morgan fingerprint density at radius 2 is 2.06 bits per heavy atom. The van der Waals surface area contributed by atoms with Crippen LogP contribution in [0.25, 0.3) is 10.6 Å². The van der Waals surface area contributed by atoms with Crippen LogP contribution >= 0.6 is 11.3 Å². The van der Waals surface area contributed by atoms with E-state index in [-0.39, 0.29) is 5.69 Å². The van der Waals surface area contributed by atoms with Crippen LogP contribution in [0.15, 0.2) is 12.1 Å². The third-order valence-corrected chi connectivity index (χ3v) is 3.45. The van der Waals surface area contributed by atoms with Crippen LogP contribution in [0.3, 0.4) is 0 Å². The van der Waals surface area contributed by atoms with E-state index in [0.717, 1.165) is 9.75 Å². The van der Waals surface area contributed by atoms with Crippen molar-refractivity contribution >= 4 is 23.0 Å². The summed E-state index contributed by atoms with van der Waals surface area (Å²) in [6, 6.07) is 3.76. The van der Waals surface area contributed by atoms with E-state index in [2.05, 4.69) is 15.3 Å². The summed E-state index contributed by atoms with van der Waals surface area (Å²) >= 11 is 1.48. The Labute approximate surface area is 108 Å². The predicted molar refractivity (Wildman–Crippen MR) is 71.0 cm³/mol. The Balaban J connectivity index is 2.70. The Morgan fingerprint density at radius 1 is 1.33 bits per heavy atom. The molecule has 0 aliphatic rings. The second-order valence-electron chi connectivity index (χ2n) is 3.75. The number of anilines is 1. The van der Waals surface area contributed by atoms with E-state index in [4.69, 9.17) is 0 Å². The zero-order valence-corrected chi connectivity index (χ0v) is 11.0. The molecule has 7 heteroatoms. The Bertz CT molecular complexity index is 609. The highest BCUT2D eigenvalue weighted by atomic mass is 32.1. The molecular formula is C11H12N4O2S. The molecule has 0 atom stereocenters. The number of aryl methyl sites for hydroxylation is 2. The van der Waals surface area contributed by atoms with Crippen LogP contribution in [0, 0.1) is 24.0 Å². The number of rotatable bonds is 3. The van der Waals surface area contributed by atoms with Crippen molar-refractivity contribution in [1.29, 1.82) is 0 Å². The lowest BCUT2D eigenvalue weighted by Gasteiger charge is -2.05. The minimum atomic E-state index is -0.431. The zero-order chi connectivity index (χ0) is 13.3. The first kappa shape index (κ1) is 12.4. The molecule has 0 unspecified atom stereocenters. The van der Waals surface area contributed by atoms with Crippen LogP contribution in [0.1, 0.15) is 10.6 Å². The Hall–Kier alpha value is -2.02. The molecule has 2 aromatic rings. The number of nitrogens with zero attached hydrogens (tertiary/aromatic N) is 3. The van der Waals surface area contributed by atoms with Gasteiger partial charge in [0, 0.05) is 11.9 Å². The van der Waals surface area contributed by atoms with Gasteiger partial charge in [-0.1, -0.05) is 0 Å². The van der Waals surface area contributed by atoms with Crippen molar-refractivity contribution in [3.8, 4) is 10.6 Å². The van der Waals surface area contributed by atoms with E-state index >= 15 is 0 Å². The topological polar surface area (TPSA) is 81.0 Å². The smallest absolute Gasteiger partial charge is 0.317 e. The van der Waals surface area contributed by atoms with Crippen molar-refractivity contribution in [2.75, 3.05) is 12.4 Å². The molecule has 2 aromatic heterocycles. The first-order chi connectivity index (χ1) is 8.52. The van der Waals surface area contributed by atoms with Gasteiger partial charge in [-0.3, -0.25) is 10.1 Å². The fraction of sp³-hybridized carbons (Fsp3) is 0.273. The fourth-order valence-electron chi connectivity index (χ4n) is 1.63. The third-order valence-electron chi connectivity index (χ3n) is 2.44. The molecule has 6 nitrogen and oxygen atoms in total. The van der Waals surface area contributed by atoms with Crippen LogP contribution < -0.4 is 5.32 Å². The molecule has 1 N–H and O–H groups in total. The molecule has 2 heterocycles.